The van der Waals surface area contributed by atoms with Crippen LogP contribution in [-0.2, 0) is 4.74 Å². The van der Waals surface area contributed by atoms with Crippen molar-refractivity contribution in [1.29, 1.82) is 0 Å². The Balaban J connectivity index is 1.88. The Kier molecular flexibility index (Phi) is 4.53. The Morgan fingerprint density at radius 1 is 1.42 bits per heavy atom. The number of hydrogen-bond acceptors (Lipinski definition) is 4. The first-order valence-corrected chi connectivity index (χ1v) is 8.15. The minimum atomic E-state index is -0.473. The molecule has 1 atom stereocenters. The van der Waals surface area contributed by atoms with Crippen molar-refractivity contribution < 1.29 is 9.53 Å². The number of nitrogens with zero attached hydrogens (tertiary/aromatic N) is 1. The van der Waals surface area contributed by atoms with Crippen molar-refractivity contribution in [3.63, 3.8) is 0 Å². The van der Waals surface area contributed by atoms with Gasteiger partial charge in [-0.25, -0.2) is 4.79 Å². The molecule has 0 spiro atoms. The molecule has 1 aliphatic rings. The van der Waals surface area contributed by atoms with Crippen LogP contribution in [0.15, 0.2) is 27.8 Å². The van der Waals surface area contributed by atoms with Crippen molar-refractivity contribution >= 4 is 16.8 Å². The Morgan fingerprint density at radius 2 is 2.21 bits per heavy atom. The van der Waals surface area contributed by atoms with Crippen LogP contribution < -0.4 is 16.6 Å². The van der Waals surface area contributed by atoms with E-state index in [1.165, 1.54) is 10.6 Å². The summed E-state index contributed by atoms with van der Waals surface area (Å²) in [6, 6.07) is 4.47. The van der Waals surface area contributed by atoms with Gasteiger partial charge in [0.25, 0.3) is 11.5 Å². The maximum absolute atomic E-state index is 12.4. The molecule has 24 heavy (non-hydrogen) atoms. The number of carbonyl (C=O) groups excluding carboxylic acids is 1. The third-order valence-corrected chi connectivity index (χ3v) is 4.22. The van der Waals surface area contributed by atoms with E-state index in [1.807, 2.05) is 0 Å². The molecule has 0 radical (unpaired) electrons. The van der Waals surface area contributed by atoms with Gasteiger partial charge in [-0.1, -0.05) is 0 Å². The zero-order valence-electron chi connectivity index (χ0n) is 13.8. The summed E-state index contributed by atoms with van der Waals surface area (Å²) in [6.45, 7) is 4.74. The lowest BCUT2D eigenvalue weighted by Gasteiger charge is -2.12. The van der Waals surface area contributed by atoms with Gasteiger partial charge in [0.2, 0.25) is 0 Å². The number of aromatic nitrogens is 2. The number of fused-ring (bicyclic) bond motifs is 1. The van der Waals surface area contributed by atoms with E-state index in [-0.39, 0.29) is 23.6 Å². The second-order valence-corrected chi connectivity index (χ2v) is 6.30. The minimum absolute atomic E-state index is 0.0625. The fourth-order valence-corrected chi connectivity index (χ4v) is 2.96. The molecule has 2 heterocycles. The molecule has 2 N–H and O–H groups in total. The number of benzene rings is 1. The van der Waals surface area contributed by atoms with Crippen LogP contribution in [0, 0.1) is 0 Å². The molecule has 1 amide bonds. The van der Waals surface area contributed by atoms with Gasteiger partial charge in [-0.05, 0) is 44.9 Å². The van der Waals surface area contributed by atoms with E-state index in [4.69, 9.17) is 4.74 Å². The summed E-state index contributed by atoms with van der Waals surface area (Å²) in [5, 5.41) is 3.21. The minimum Gasteiger partial charge on any atom is -0.376 e. The molecular weight excluding hydrogens is 310 g/mol. The van der Waals surface area contributed by atoms with E-state index in [1.54, 1.807) is 26.0 Å². The van der Waals surface area contributed by atoms with Crippen LogP contribution in [0.4, 0.5) is 0 Å². The molecule has 1 aromatic carbocycles. The molecular formula is C17H21N3O4. The number of amides is 1. The number of H-pyrrole nitrogens is 1. The maximum atomic E-state index is 12.4. The van der Waals surface area contributed by atoms with Gasteiger partial charge in [0.1, 0.15) is 0 Å². The number of aromatic amines is 1. The molecule has 1 aromatic heterocycles. The molecule has 3 rings (SSSR count). The van der Waals surface area contributed by atoms with Gasteiger partial charge in [0.15, 0.2) is 0 Å². The summed E-state index contributed by atoms with van der Waals surface area (Å²) in [4.78, 5) is 39.4. The first-order valence-electron chi connectivity index (χ1n) is 8.15. The Morgan fingerprint density at radius 3 is 2.88 bits per heavy atom. The Labute approximate surface area is 138 Å². The third-order valence-electron chi connectivity index (χ3n) is 4.22. The van der Waals surface area contributed by atoms with Gasteiger partial charge >= 0.3 is 5.69 Å². The van der Waals surface area contributed by atoms with Crippen LogP contribution in [-0.4, -0.2) is 34.7 Å². The number of hydrogen-bond donors (Lipinski definition) is 2. The van der Waals surface area contributed by atoms with E-state index in [0.29, 0.717) is 23.0 Å². The SMILES string of the molecule is CC(C)n1c(=O)[nH]c2cc(C(=O)NC[C@@H]3CCCO3)ccc2c1=O. The quantitative estimate of drug-likeness (QED) is 0.880. The molecule has 0 bridgehead atoms. The van der Waals surface area contributed by atoms with E-state index in [2.05, 4.69) is 10.3 Å². The van der Waals surface area contributed by atoms with Gasteiger partial charge in [-0.2, -0.15) is 0 Å². The molecule has 2 aromatic rings. The van der Waals surface area contributed by atoms with Crippen LogP contribution in [0.1, 0.15) is 43.1 Å². The van der Waals surface area contributed by atoms with Crippen molar-refractivity contribution in [2.24, 2.45) is 0 Å². The van der Waals surface area contributed by atoms with Crippen molar-refractivity contribution in [3.8, 4) is 0 Å². The second kappa shape index (κ2) is 6.60. The summed E-state index contributed by atoms with van der Waals surface area (Å²) in [5.41, 5.74) is -0.0565. The van der Waals surface area contributed by atoms with Gasteiger partial charge in [-0.3, -0.25) is 14.2 Å². The van der Waals surface area contributed by atoms with Crippen LogP contribution in [0.2, 0.25) is 0 Å². The van der Waals surface area contributed by atoms with Gasteiger partial charge in [0, 0.05) is 24.8 Å². The van der Waals surface area contributed by atoms with E-state index in [0.717, 1.165) is 19.4 Å². The van der Waals surface area contributed by atoms with Crippen LogP contribution in [0.5, 0.6) is 0 Å². The molecule has 0 aliphatic carbocycles. The van der Waals surface area contributed by atoms with Gasteiger partial charge in [-0.15, -0.1) is 0 Å². The number of ether oxygens (including phenoxy) is 1. The highest BCUT2D eigenvalue weighted by atomic mass is 16.5. The Bertz CT molecular complexity index is 876. The zero-order valence-corrected chi connectivity index (χ0v) is 13.8. The Hall–Kier alpha value is -2.41. The topological polar surface area (TPSA) is 93.2 Å². The van der Waals surface area contributed by atoms with Crippen LogP contribution in [0.25, 0.3) is 10.9 Å². The fourth-order valence-electron chi connectivity index (χ4n) is 2.96. The summed E-state index contributed by atoms with van der Waals surface area (Å²) < 4.78 is 6.64. The zero-order chi connectivity index (χ0) is 17.3. The molecule has 1 fully saturated rings. The van der Waals surface area contributed by atoms with Crippen molar-refractivity contribution in [2.75, 3.05) is 13.2 Å². The lowest BCUT2D eigenvalue weighted by atomic mass is 10.1. The number of nitrogens with one attached hydrogen (secondary N) is 2. The molecule has 128 valence electrons. The fraction of sp³-hybridized carbons (Fsp3) is 0.471. The first kappa shape index (κ1) is 16.4. The summed E-state index contributed by atoms with van der Waals surface area (Å²) >= 11 is 0. The number of rotatable bonds is 4. The lowest BCUT2D eigenvalue weighted by Crippen LogP contribution is -2.36. The third kappa shape index (κ3) is 3.12. The molecule has 0 saturated carbocycles. The van der Waals surface area contributed by atoms with Crippen molar-refractivity contribution in [2.45, 2.75) is 38.8 Å². The molecule has 1 aliphatic heterocycles. The summed E-state index contributed by atoms with van der Waals surface area (Å²) in [7, 11) is 0. The molecule has 7 nitrogen and oxygen atoms in total. The predicted molar refractivity (Wildman–Crippen MR) is 90.5 cm³/mol. The van der Waals surface area contributed by atoms with E-state index >= 15 is 0 Å². The maximum Gasteiger partial charge on any atom is 0.329 e. The first-order chi connectivity index (χ1) is 11.5. The highest BCUT2D eigenvalue weighted by Gasteiger charge is 2.17. The van der Waals surface area contributed by atoms with Crippen molar-refractivity contribution in [1.82, 2.24) is 14.9 Å². The van der Waals surface area contributed by atoms with Gasteiger partial charge < -0.3 is 15.0 Å². The highest BCUT2D eigenvalue weighted by molar-refractivity contribution is 5.97. The normalized spacial score (nSPS) is 17.5. The lowest BCUT2D eigenvalue weighted by molar-refractivity contribution is 0.0858. The van der Waals surface area contributed by atoms with E-state index in [9.17, 15) is 14.4 Å². The monoisotopic (exact) mass is 331 g/mol. The molecule has 7 heteroatoms. The average molecular weight is 331 g/mol. The van der Waals surface area contributed by atoms with E-state index < -0.39 is 5.69 Å². The summed E-state index contributed by atoms with van der Waals surface area (Å²) in [6.07, 6.45) is 2.02. The summed E-state index contributed by atoms with van der Waals surface area (Å²) in [5.74, 6) is -0.249. The largest absolute Gasteiger partial charge is 0.376 e. The second-order valence-electron chi connectivity index (χ2n) is 6.30. The van der Waals surface area contributed by atoms with Crippen LogP contribution in [0.3, 0.4) is 0 Å². The number of carbonyl (C=O) groups is 1. The molecule has 1 saturated heterocycles. The predicted octanol–water partition coefficient (Wildman–Crippen LogP) is 1.18. The van der Waals surface area contributed by atoms with Crippen LogP contribution >= 0.6 is 0 Å². The molecule has 0 unspecified atom stereocenters. The van der Waals surface area contributed by atoms with Crippen molar-refractivity contribution in [3.05, 3.63) is 44.6 Å². The smallest absolute Gasteiger partial charge is 0.329 e. The average Bonchev–Trinajstić information content (AvgIpc) is 3.05. The standard InChI is InChI=1S/C17H21N3O4/c1-10(2)20-16(22)13-6-5-11(8-14(13)19-17(20)23)15(21)18-9-12-4-3-7-24-12/h5-6,8,10,12H,3-4,7,9H2,1-2H3,(H,18,21)(H,19,23)/t12-/m0/s1. The highest BCUT2D eigenvalue weighted by Crippen LogP contribution is 2.12. The van der Waals surface area contributed by atoms with Gasteiger partial charge in [0.05, 0.1) is 17.0 Å².